The Labute approximate surface area is 95.8 Å². The van der Waals surface area contributed by atoms with Crippen LogP contribution in [0.3, 0.4) is 0 Å². The summed E-state index contributed by atoms with van der Waals surface area (Å²) in [6, 6.07) is 6.68. The third-order valence-electron chi connectivity index (χ3n) is 4.50. The number of hydrogen-bond acceptors (Lipinski definition) is 2. The zero-order valence-electron chi connectivity index (χ0n) is 9.37. The molecule has 1 aliphatic carbocycles. The molecule has 82 valence electrons. The average molecular weight is 212 g/mol. The highest BCUT2D eigenvalue weighted by atomic mass is 15.0. The Morgan fingerprint density at radius 2 is 2.38 bits per heavy atom. The molecule has 16 heavy (non-hydrogen) atoms. The molecule has 0 spiro atoms. The molecular weight excluding hydrogens is 196 g/mol. The number of piperidine rings is 1. The van der Waals surface area contributed by atoms with Gasteiger partial charge in [-0.2, -0.15) is 0 Å². The maximum absolute atomic E-state index is 4.53. The summed E-state index contributed by atoms with van der Waals surface area (Å²) >= 11 is 0. The maximum atomic E-state index is 4.53. The Hall–Kier alpha value is -1.15. The van der Waals surface area contributed by atoms with E-state index in [1.807, 2.05) is 0 Å². The van der Waals surface area contributed by atoms with E-state index in [0.717, 1.165) is 12.3 Å². The minimum atomic E-state index is 0.484. The number of rotatable bonds is 1. The van der Waals surface area contributed by atoms with Crippen LogP contribution in [0.1, 0.15) is 24.0 Å². The van der Waals surface area contributed by atoms with Crippen molar-refractivity contribution in [3.05, 3.63) is 29.3 Å². The second-order valence-corrected chi connectivity index (χ2v) is 5.34. The van der Waals surface area contributed by atoms with Crippen molar-refractivity contribution in [3.8, 4) is 0 Å². The first-order valence-corrected chi connectivity index (χ1v) is 6.26. The smallest absolute Gasteiger partial charge is 0.0660 e. The van der Waals surface area contributed by atoms with Crippen molar-refractivity contribution in [2.24, 2.45) is 10.9 Å². The fourth-order valence-corrected chi connectivity index (χ4v) is 3.56. The van der Waals surface area contributed by atoms with Gasteiger partial charge in [0.05, 0.1) is 5.69 Å². The van der Waals surface area contributed by atoms with E-state index in [1.54, 1.807) is 5.56 Å². The lowest BCUT2D eigenvalue weighted by Gasteiger charge is -2.20. The molecule has 4 rings (SSSR count). The summed E-state index contributed by atoms with van der Waals surface area (Å²) in [6.07, 6.45) is 5.74. The van der Waals surface area contributed by atoms with Gasteiger partial charge in [0.1, 0.15) is 0 Å². The van der Waals surface area contributed by atoms with Crippen molar-refractivity contribution in [2.75, 3.05) is 13.1 Å². The molecule has 1 saturated heterocycles. The van der Waals surface area contributed by atoms with Crippen LogP contribution in [0.2, 0.25) is 0 Å². The Kier molecular flexibility index (Phi) is 1.65. The molecule has 0 radical (unpaired) electrons. The molecule has 3 aliphatic rings. The molecule has 2 unspecified atom stereocenters. The maximum Gasteiger partial charge on any atom is 0.0660 e. The molecule has 1 N–H and O–H groups in total. The Balaban J connectivity index is 1.87. The minimum Gasteiger partial charge on any atom is -0.316 e. The summed E-state index contributed by atoms with van der Waals surface area (Å²) in [6.45, 7) is 2.39. The van der Waals surface area contributed by atoms with E-state index in [2.05, 4.69) is 34.7 Å². The van der Waals surface area contributed by atoms with Gasteiger partial charge >= 0.3 is 0 Å². The van der Waals surface area contributed by atoms with Gasteiger partial charge < -0.3 is 5.32 Å². The molecule has 0 aromatic heterocycles. The topological polar surface area (TPSA) is 24.4 Å². The van der Waals surface area contributed by atoms with Crippen LogP contribution in [0.5, 0.6) is 0 Å². The molecule has 2 fully saturated rings. The van der Waals surface area contributed by atoms with Crippen molar-refractivity contribution in [3.63, 3.8) is 0 Å². The van der Waals surface area contributed by atoms with Gasteiger partial charge in [-0.25, -0.2) is 0 Å². The average Bonchev–Trinajstić information content (AvgIpc) is 2.91. The second-order valence-electron chi connectivity index (χ2n) is 5.34. The fourth-order valence-electron chi connectivity index (χ4n) is 3.56. The number of benzene rings is 1. The fraction of sp³-hybridized carbons (Fsp3) is 0.500. The van der Waals surface area contributed by atoms with Gasteiger partial charge in [0.2, 0.25) is 0 Å². The molecule has 1 aromatic carbocycles. The van der Waals surface area contributed by atoms with Gasteiger partial charge in [0, 0.05) is 18.2 Å². The van der Waals surface area contributed by atoms with E-state index in [-0.39, 0.29) is 0 Å². The first-order valence-electron chi connectivity index (χ1n) is 6.26. The van der Waals surface area contributed by atoms with Gasteiger partial charge in [-0.1, -0.05) is 12.1 Å². The highest BCUT2D eigenvalue weighted by Crippen LogP contribution is 2.58. The molecule has 2 heteroatoms. The summed E-state index contributed by atoms with van der Waals surface area (Å²) in [7, 11) is 0. The van der Waals surface area contributed by atoms with Crippen molar-refractivity contribution < 1.29 is 0 Å². The number of nitrogens with one attached hydrogen (secondary N) is 1. The van der Waals surface area contributed by atoms with Gasteiger partial charge in [0.25, 0.3) is 0 Å². The SMILES string of the molecule is C1=Nc2cccc(C34CNCC3C4)c2CC1. The number of aliphatic imine (C=N–C) groups is 1. The van der Waals surface area contributed by atoms with Crippen LogP contribution in [0.4, 0.5) is 5.69 Å². The molecule has 2 aliphatic heterocycles. The standard InChI is InChI=1S/C14H16N2/c1-4-12(14-7-10(14)8-15-9-14)11-3-2-6-16-13(11)5-1/h1,4-6,10,15H,2-3,7-9H2. The predicted octanol–water partition coefficient (Wildman–Crippen LogP) is 2.20. The van der Waals surface area contributed by atoms with Crippen molar-refractivity contribution in [1.29, 1.82) is 0 Å². The minimum absolute atomic E-state index is 0.484. The molecule has 2 heterocycles. The van der Waals surface area contributed by atoms with Gasteiger partial charge in [-0.3, -0.25) is 4.99 Å². The van der Waals surface area contributed by atoms with Gasteiger partial charge in [0.15, 0.2) is 0 Å². The van der Waals surface area contributed by atoms with Crippen LogP contribution in [0, 0.1) is 5.92 Å². The van der Waals surface area contributed by atoms with E-state index in [9.17, 15) is 0 Å². The highest BCUT2D eigenvalue weighted by molar-refractivity contribution is 5.70. The summed E-state index contributed by atoms with van der Waals surface area (Å²) in [5, 5.41) is 3.53. The Morgan fingerprint density at radius 3 is 3.19 bits per heavy atom. The van der Waals surface area contributed by atoms with Crippen LogP contribution < -0.4 is 5.32 Å². The molecule has 0 bridgehead atoms. The summed E-state index contributed by atoms with van der Waals surface area (Å²) in [4.78, 5) is 4.53. The van der Waals surface area contributed by atoms with Crippen molar-refractivity contribution in [2.45, 2.75) is 24.7 Å². The molecule has 1 saturated carbocycles. The molecule has 2 nitrogen and oxygen atoms in total. The van der Waals surface area contributed by atoms with Crippen LogP contribution in [-0.4, -0.2) is 19.3 Å². The van der Waals surface area contributed by atoms with E-state index in [0.29, 0.717) is 5.41 Å². The van der Waals surface area contributed by atoms with Crippen LogP contribution >= 0.6 is 0 Å². The zero-order valence-corrected chi connectivity index (χ0v) is 9.37. The monoisotopic (exact) mass is 212 g/mol. The normalized spacial score (nSPS) is 34.6. The first kappa shape index (κ1) is 8.94. The lowest BCUT2D eigenvalue weighted by atomic mass is 9.87. The third kappa shape index (κ3) is 1.03. The van der Waals surface area contributed by atoms with Crippen molar-refractivity contribution in [1.82, 2.24) is 5.32 Å². The number of hydrogen-bond donors (Lipinski definition) is 1. The quantitative estimate of drug-likeness (QED) is 0.758. The molecular formula is C14H16N2. The number of fused-ring (bicyclic) bond motifs is 2. The van der Waals surface area contributed by atoms with Crippen LogP contribution in [-0.2, 0) is 11.8 Å². The lowest BCUT2D eigenvalue weighted by molar-refractivity contribution is 0.668. The molecule has 2 atom stereocenters. The Morgan fingerprint density at radius 1 is 1.38 bits per heavy atom. The van der Waals surface area contributed by atoms with Crippen LogP contribution in [0.25, 0.3) is 0 Å². The Bertz CT molecular complexity index is 478. The highest BCUT2D eigenvalue weighted by Gasteiger charge is 2.58. The van der Waals surface area contributed by atoms with Crippen molar-refractivity contribution >= 4 is 11.9 Å². The molecule has 0 amide bonds. The zero-order chi connectivity index (χ0) is 10.6. The van der Waals surface area contributed by atoms with Gasteiger partial charge in [-0.15, -0.1) is 0 Å². The van der Waals surface area contributed by atoms with E-state index < -0.39 is 0 Å². The first-order chi connectivity index (χ1) is 7.90. The lowest BCUT2D eigenvalue weighted by Crippen LogP contribution is -2.21. The third-order valence-corrected chi connectivity index (χ3v) is 4.50. The number of nitrogens with zero attached hydrogens (tertiary/aromatic N) is 1. The summed E-state index contributed by atoms with van der Waals surface area (Å²) < 4.78 is 0. The summed E-state index contributed by atoms with van der Waals surface area (Å²) in [5.74, 6) is 0.893. The van der Waals surface area contributed by atoms with Gasteiger partial charge in [-0.05, 0) is 48.9 Å². The predicted molar refractivity (Wildman–Crippen MR) is 65.6 cm³/mol. The van der Waals surface area contributed by atoms with E-state index in [4.69, 9.17) is 0 Å². The van der Waals surface area contributed by atoms with E-state index in [1.165, 1.54) is 37.2 Å². The van der Waals surface area contributed by atoms with E-state index >= 15 is 0 Å². The summed E-state index contributed by atoms with van der Waals surface area (Å²) in [5.41, 5.74) is 4.82. The largest absolute Gasteiger partial charge is 0.316 e. The molecule has 1 aromatic rings. The second kappa shape index (κ2) is 2.95. The van der Waals surface area contributed by atoms with Crippen LogP contribution in [0.15, 0.2) is 23.2 Å².